The maximum absolute atomic E-state index is 12.3. The molecule has 0 aromatic carbocycles. The van der Waals surface area contributed by atoms with Crippen LogP contribution in [0.15, 0.2) is 5.18 Å². The van der Waals surface area contributed by atoms with Crippen molar-refractivity contribution in [2.24, 2.45) is 39.7 Å². The number of hydrogen-bond acceptors (Lipinski definition) is 7. The van der Waals surface area contributed by atoms with Crippen LogP contribution in [0.1, 0.15) is 78.6 Å². The first-order valence-corrected chi connectivity index (χ1v) is 14.9. The highest BCUT2D eigenvalue weighted by Gasteiger charge is 2.65. The molecule has 4 unspecified atom stereocenters. The third-order valence-electron chi connectivity index (χ3n) is 12.2. The first-order chi connectivity index (χ1) is 17.3. The lowest BCUT2D eigenvalue weighted by Gasteiger charge is -2.62. The molecule has 10 atom stereocenters. The van der Waals surface area contributed by atoms with Crippen molar-refractivity contribution in [1.82, 2.24) is 9.80 Å². The van der Waals surface area contributed by atoms with Gasteiger partial charge in [0.05, 0.1) is 13.2 Å². The molecule has 0 aromatic heterocycles. The largest absolute Gasteiger partial charge is 0.460 e. The van der Waals surface area contributed by atoms with Crippen LogP contribution in [0.25, 0.3) is 0 Å². The van der Waals surface area contributed by atoms with Crippen LogP contribution in [0.5, 0.6) is 0 Å². The Hall–Kier alpha value is -1.05. The van der Waals surface area contributed by atoms with Gasteiger partial charge in [0.2, 0.25) is 0 Å². The highest BCUT2D eigenvalue weighted by atomic mass is 16.5. The summed E-state index contributed by atoms with van der Waals surface area (Å²) in [6.45, 7) is 12.3. The van der Waals surface area contributed by atoms with Crippen molar-refractivity contribution in [2.75, 3.05) is 39.4 Å². The fraction of sp³-hybridized carbons (Fsp3) is 0.966. The number of morpholine rings is 1. The number of fused-ring (bicyclic) bond motifs is 5. The standard InChI is InChI=1S/C29H47N3O4/c1-19(33)36-27-25(31-10-4-5-11-31)17-23-21-7-6-20-16-24(30-34)26(32-12-14-35-15-13-32)18-29(20,3)22(21)8-9-28(23,27)2/h20-27H,4-18H2,1-3H3/t20?,21?,22?,23?,24-,25-,26-,27-,28-,29-/m0/s1. The zero-order chi connectivity index (χ0) is 25.1. The first-order valence-electron chi connectivity index (χ1n) is 14.9. The summed E-state index contributed by atoms with van der Waals surface area (Å²) in [6.07, 6.45) is 10.7. The van der Waals surface area contributed by atoms with E-state index in [4.69, 9.17) is 9.47 Å². The van der Waals surface area contributed by atoms with Gasteiger partial charge in [-0.15, -0.1) is 0 Å². The Bertz CT molecular complexity index is 842. The summed E-state index contributed by atoms with van der Waals surface area (Å²) in [4.78, 5) is 29.4. The molecule has 6 rings (SSSR count). The second kappa shape index (κ2) is 9.60. The van der Waals surface area contributed by atoms with Crippen molar-refractivity contribution < 1.29 is 14.3 Å². The van der Waals surface area contributed by atoms with Crippen molar-refractivity contribution in [1.29, 1.82) is 0 Å². The molecule has 0 bridgehead atoms. The molecular weight excluding hydrogens is 454 g/mol. The van der Waals surface area contributed by atoms with Gasteiger partial charge in [0.15, 0.2) is 0 Å². The summed E-state index contributed by atoms with van der Waals surface area (Å²) in [5.41, 5.74) is 0.339. The number of ether oxygens (including phenoxy) is 2. The van der Waals surface area contributed by atoms with Crippen molar-refractivity contribution in [3.63, 3.8) is 0 Å². The van der Waals surface area contributed by atoms with Gasteiger partial charge in [-0.25, -0.2) is 0 Å². The molecule has 6 fully saturated rings. The third-order valence-corrected chi connectivity index (χ3v) is 12.2. The van der Waals surface area contributed by atoms with Crippen LogP contribution in [-0.4, -0.2) is 79.4 Å². The Morgan fingerprint density at radius 1 is 0.917 bits per heavy atom. The zero-order valence-corrected chi connectivity index (χ0v) is 22.7. The van der Waals surface area contributed by atoms with Crippen LogP contribution in [0.4, 0.5) is 0 Å². The quantitative estimate of drug-likeness (QED) is 0.418. The van der Waals surface area contributed by atoms with Gasteiger partial charge in [0, 0.05) is 37.5 Å². The summed E-state index contributed by atoms with van der Waals surface area (Å²) >= 11 is 0. The lowest BCUT2D eigenvalue weighted by molar-refractivity contribution is -0.167. The number of esters is 1. The van der Waals surface area contributed by atoms with E-state index >= 15 is 0 Å². The third kappa shape index (κ3) is 3.98. The Balaban J connectivity index is 1.28. The predicted octanol–water partition coefficient (Wildman–Crippen LogP) is 4.48. The minimum absolute atomic E-state index is 0.0284. The molecule has 7 heteroatoms. The summed E-state index contributed by atoms with van der Waals surface area (Å²) in [5.74, 6) is 2.50. The molecular formula is C29H47N3O4. The summed E-state index contributed by atoms with van der Waals surface area (Å²) < 4.78 is 11.8. The minimum atomic E-state index is -0.114. The summed E-state index contributed by atoms with van der Waals surface area (Å²) in [7, 11) is 0. The number of carbonyl (C=O) groups excluding carboxylic acids is 1. The van der Waals surface area contributed by atoms with Gasteiger partial charge in [0.25, 0.3) is 0 Å². The molecule has 36 heavy (non-hydrogen) atoms. The van der Waals surface area contributed by atoms with E-state index in [0.717, 1.165) is 58.7 Å². The number of nitrogens with zero attached hydrogens (tertiary/aromatic N) is 3. The first kappa shape index (κ1) is 25.2. The summed E-state index contributed by atoms with van der Waals surface area (Å²) in [5, 5.41) is 3.70. The van der Waals surface area contributed by atoms with Crippen LogP contribution in [-0.2, 0) is 14.3 Å². The van der Waals surface area contributed by atoms with Crippen molar-refractivity contribution >= 4 is 5.97 Å². The topological polar surface area (TPSA) is 71.4 Å². The van der Waals surface area contributed by atoms with E-state index in [1.165, 1.54) is 38.5 Å². The fourth-order valence-corrected chi connectivity index (χ4v) is 10.4. The molecule has 0 aromatic rings. The molecule has 7 nitrogen and oxygen atoms in total. The molecule has 202 valence electrons. The normalized spacial score (nSPS) is 49.6. The Morgan fingerprint density at radius 2 is 1.64 bits per heavy atom. The van der Waals surface area contributed by atoms with Gasteiger partial charge in [-0.05, 0) is 100.0 Å². The maximum atomic E-state index is 12.3. The Labute approximate surface area is 217 Å². The maximum Gasteiger partial charge on any atom is 0.302 e. The monoisotopic (exact) mass is 501 g/mol. The summed E-state index contributed by atoms with van der Waals surface area (Å²) in [6, 6.07) is 0.562. The van der Waals surface area contributed by atoms with Gasteiger partial charge >= 0.3 is 5.97 Å². The predicted molar refractivity (Wildman–Crippen MR) is 138 cm³/mol. The van der Waals surface area contributed by atoms with Crippen LogP contribution in [0.2, 0.25) is 0 Å². The molecule has 0 radical (unpaired) electrons. The molecule has 4 saturated carbocycles. The van der Waals surface area contributed by atoms with E-state index in [0.29, 0.717) is 29.7 Å². The molecule has 2 saturated heterocycles. The van der Waals surface area contributed by atoms with Crippen molar-refractivity contribution in [2.45, 2.75) is 103 Å². The number of nitroso groups, excluding NO2 is 1. The number of carbonyl (C=O) groups is 1. The van der Waals surface area contributed by atoms with Crippen molar-refractivity contribution in [3.8, 4) is 0 Å². The van der Waals surface area contributed by atoms with Gasteiger partial charge in [-0.1, -0.05) is 19.0 Å². The number of likely N-dealkylation sites (tertiary alicyclic amines) is 1. The fourth-order valence-electron chi connectivity index (χ4n) is 10.4. The highest BCUT2D eigenvalue weighted by Crippen LogP contribution is 2.67. The average molecular weight is 502 g/mol. The van der Waals surface area contributed by atoms with Crippen molar-refractivity contribution in [3.05, 3.63) is 4.91 Å². The van der Waals surface area contributed by atoms with E-state index in [9.17, 15) is 9.70 Å². The molecule has 2 aliphatic heterocycles. The van der Waals surface area contributed by atoms with Crippen LogP contribution in [0, 0.1) is 39.4 Å². The van der Waals surface area contributed by atoms with Gasteiger partial charge in [0.1, 0.15) is 12.1 Å². The molecule has 0 spiro atoms. The number of hydrogen-bond donors (Lipinski definition) is 0. The van der Waals surface area contributed by atoms with E-state index in [1.807, 2.05) is 0 Å². The smallest absolute Gasteiger partial charge is 0.302 e. The van der Waals surface area contributed by atoms with Crippen LogP contribution < -0.4 is 0 Å². The molecule has 4 aliphatic carbocycles. The number of rotatable bonds is 4. The average Bonchev–Trinajstić information content (AvgIpc) is 3.50. The van der Waals surface area contributed by atoms with Crippen LogP contribution in [0.3, 0.4) is 0 Å². The van der Waals surface area contributed by atoms with Gasteiger partial charge < -0.3 is 9.47 Å². The second-order valence-electron chi connectivity index (χ2n) is 13.6. The van der Waals surface area contributed by atoms with Gasteiger partial charge in [-0.3, -0.25) is 14.6 Å². The van der Waals surface area contributed by atoms with E-state index in [-0.39, 0.29) is 35.0 Å². The SMILES string of the molecule is CC(=O)O[C@H]1[C@@H](N2CCCC2)CC2C3CCC4C[C@H](N=O)[C@@H](N5CCOCC5)C[C@]4(C)C3CC[C@@]21C. The molecule has 2 heterocycles. The molecule has 6 aliphatic rings. The van der Waals surface area contributed by atoms with E-state index < -0.39 is 0 Å². The lowest BCUT2D eigenvalue weighted by Crippen LogP contribution is -2.60. The lowest BCUT2D eigenvalue weighted by atomic mass is 9.44. The second-order valence-corrected chi connectivity index (χ2v) is 13.6. The Kier molecular flexibility index (Phi) is 6.73. The zero-order valence-electron chi connectivity index (χ0n) is 22.7. The molecule has 0 amide bonds. The van der Waals surface area contributed by atoms with Crippen LogP contribution >= 0.6 is 0 Å². The minimum Gasteiger partial charge on any atom is -0.460 e. The van der Waals surface area contributed by atoms with Gasteiger partial charge in [-0.2, -0.15) is 4.91 Å². The molecule has 0 N–H and O–H groups in total. The van der Waals surface area contributed by atoms with E-state index in [1.54, 1.807) is 6.92 Å². The van der Waals surface area contributed by atoms with E-state index in [2.05, 4.69) is 28.8 Å². The highest BCUT2D eigenvalue weighted by molar-refractivity contribution is 5.66. The Morgan fingerprint density at radius 3 is 2.33 bits per heavy atom.